The van der Waals surface area contributed by atoms with Crippen molar-refractivity contribution in [3.05, 3.63) is 100 Å². The Kier molecular flexibility index (Phi) is 8.49. The van der Waals surface area contributed by atoms with Crippen LogP contribution < -0.4 is 11.1 Å². The largest absolute Gasteiger partial charge is 0.369 e. The standard InChI is InChI=1S/C28H27Cl2N7O2S/c29-21-11-9-20(10-12-21)26-24(19-6-2-1-3-7-19)18-37(35-26)28(34-27(31)33-25-8-4-5-17-32-25)36-40(38,39)23-15-13-22(30)14-16-23/h1-3,6-7,9-16,24H,4-5,8,17-18H2,(H3,31,32,33,34,36). The highest BCUT2D eigenvalue weighted by molar-refractivity contribution is 7.90. The minimum Gasteiger partial charge on any atom is -0.369 e. The van der Waals surface area contributed by atoms with Gasteiger partial charge in [-0.1, -0.05) is 65.7 Å². The van der Waals surface area contributed by atoms with Gasteiger partial charge in [-0.2, -0.15) is 18.5 Å². The molecular weight excluding hydrogens is 569 g/mol. The van der Waals surface area contributed by atoms with Gasteiger partial charge in [-0.05, 0) is 60.4 Å². The van der Waals surface area contributed by atoms with E-state index in [1.54, 1.807) is 12.1 Å². The van der Waals surface area contributed by atoms with Crippen LogP contribution in [0.15, 0.2) is 103 Å². The summed E-state index contributed by atoms with van der Waals surface area (Å²) in [6, 6.07) is 22.9. The monoisotopic (exact) mass is 595 g/mol. The van der Waals surface area contributed by atoms with Crippen LogP contribution in [0.3, 0.4) is 0 Å². The van der Waals surface area contributed by atoms with Gasteiger partial charge in [0, 0.05) is 28.9 Å². The highest BCUT2D eigenvalue weighted by Gasteiger charge is 2.33. The molecule has 3 aromatic carbocycles. The Morgan fingerprint density at radius 3 is 2.27 bits per heavy atom. The molecule has 5 rings (SSSR count). The minimum atomic E-state index is -4.18. The number of sulfonamides is 1. The lowest BCUT2D eigenvalue weighted by Crippen LogP contribution is -2.39. The SMILES string of the molecule is NC(=NC(=NS(=O)(=O)c1ccc(Cl)cc1)N1CC(c2ccccc2)C(c2ccc(Cl)cc2)=N1)NC1=NCCCC1. The fourth-order valence-corrected chi connectivity index (χ4v) is 5.62. The van der Waals surface area contributed by atoms with Gasteiger partial charge < -0.3 is 11.1 Å². The number of nitrogens with two attached hydrogens (primary N) is 1. The summed E-state index contributed by atoms with van der Waals surface area (Å²) in [4.78, 5) is 8.80. The Bertz CT molecular complexity index is 1590. The maximum Gasteiger partial charge on any atom is 0.285 e. The molecule has 0 fully saturated rings. The van der Waals surface area contributed by atoms with E-state index >= 15 is 0 Å². The van der Waals surface area contributed by atoms with E-state index in [9.17, 15) is 8.42 Å². The van der Waals surface area contributed by atoms with Gasteiger partial charge >= 0.3 is 0 Å². The molecule has 2 aliphatic rings. The number of hydrogen-bond donors (Lipinski definition) is 2. The van der Waals surface area contributed by atoms with Crippen LogP contribution in [-0.2, 0) is 10.0 Å². The molecule has 40 heavy (non-hydrogen) atoms. The topological polar surface area (TPSA) is 125 Å². The highest BCUT2D eigenvalue weighted by Crippen LogP contribution is 2.30. The van der Waals surface area contributed by atoms with Gasteiger partial charge in [0.05, 0.1) is 17.2 Å². The van der Waals surface area contributed by atoms with E-state index in [2.05, 4.69) is 19.7 Å². The summed E-state index contributed by atoms with van der Waals surface area (Å²) in [5.41, 5.74) is 8.80. The van der Waals surface area contributed by atoms with E-state index in [4.69, 9.17) is 34.0 Å². The predicted octanol–water partition coefficient (Wildman–Crippen LogP) is 5.03. The molecular formula is C28H27Cl2N7O2S. The third-order valence-electron chi connectivity index (χ3n) is 6.42. The highest BCUT2D eigenvalue weighted by atomic mass is 35.5. The average Bonchev–Trinajstić information content (AvgIpc) is 3.40. The van der Waals surface area contributed by atoms with Crippen LogP contribution in [0.25, 0.3) is 0 Å². The smallest absolute Gasteiger partial charge is 0.285 e. The van der Waals surface area contributed by atoms with E-state index in [1.165, 1.54) is 29.3 Å². The van der Waals surface area contributed by atoms with Crippen molar-refractivity contribution in [1.82, 2.24) is 10.3 Å². The van der Waals surface area contributed by atoms with Crippen molar-refractivity contribution in [3.63, 3.8) is 0 Å². The number of nitrogens with one attached hydrogen (secondary N) is 1. The molecule has 3 aromatic rings. The molecule has 9 nitrogen and oxygen atoms in total. The summed E-state index contributed by atoms with van der Waals surface area (Å²) in [6.07, 6.45) is 2.71. The molecule has 0 amide bonds. The lowest BCUT2D eigenvalue weighted by molar-refractivity contribution is 0.470. The van der Waals surface area contributed by atoms with E-state index in [1.807, 2.05) is 42.5 Å². The van der Waals surface area contributed by atoms with Crippen molar-refractivity contribution in [2.45, 2.75) is 30.1 Å². The lowest BCUT2D eigenvalue weighted by Gasteiger charge is -2.17. The predicted molar refractivity (Wildman–Crippen MR) is 161 cm³/mol. The number of guanidine groups is 2. The van der Waals surface area contributed by atoms with Gasteiger partial charge in [0.2, 0.25) is 5.96 Å². The average molecular weight is 597 g/mol. The Balaban J connectivity index is 1.58. The summed E-state index contributed by atoms with van der Waals surface area (Å²) < 4.78 is 30.8. The number of hydrazone groups is 1. The van der Waals surface area contributed by atoms with Gasteiger partial charge in [0.15, 0.2) is 0 Å². The first-order chi connectivity index (χ1) is 19.3. The third kappa shape index (κ3) is 6.70. The second kappa shape index (κ2) is 12.2. The van der Waals surface area contributed by atoms with E-state index in [-0.39, 0.29) is 29.3 Å². The zero-order valence-corrected chi connectivity index (χ0v) is 23.7. The Morgan fingerprint density at radius 2 is 1.62 bits per heavy atom. The first-order valence-electron chi connectivity index (χ1n) is 12.7. The fourth-order valence-electron chi connectivity index (χ4n) is 4.43. The molecule has 12 heteroatoms. The van der Waals surface area contributed by atoms with Crippen LogP contribution in [0.1, 0.15) is 36.3 Å². The molecule has 1 atom stereocenters. The zero-order valence-electron chi connectivity index (χ0n) is 21.4. The summed E-state index contributed by atoms with van der Waals surface area (Å²) in [5.74, 6) is 0.289. The summed E-state index contributed by atoms with van der Waals surface area (Å²) in [6.45, 7) is 0.982. The normalized spacial score (nSPS) is 18.4. The maximum atomic E-state index is 13.3. The van der Waals surface area contributed by atoms with Crippen LogP contribution >= 0.6 is 23.2 Å². The molecule has 0 bridgehead atoms. The Hall–Kier alpha value is -3.73. The number of halogens is 2. The molecule has 0 spiro atoms. The molecule has 1 unspecified atom stereocenters. The summed E-state index contributed by atoms with van der Waals surface area (Å²) in [5, 5.41) is 10.3. The maximum absolute atomic E-state index is 13.3. The van der Waals surface area contributed by atoms with Crippen LogP contribution in [0.4, 0.5) is 0 Å². The zero-order chi connectivity index (χ0) is 28.1. The Labute approximate surface area is 243 Å². The number of rotatable bonds is 4. The van der Waals surface area contributed by atoms with Crippen molar-refractivity contribution in [2.24, 2.45) is 25.2 Å². The van der Waals surface area contributed by atoms with Gasteiger partial charge in [0.1, 0.15) is 5.84 Å². The lowest BCUT2D eigenvalue weighted by atomic mass is 9.91. The number of hydrogen-bond acceptors (Lipinski definition) is 4. The van der Waals surface area contributed by atoms with E-state index in [0.29, 0.717) is 22.4 Å². The number of benzene rings is 3. The van der Waals surface area contributed by atoms with Crippen molar-refractivity contribution in [3.8, 4) is 0 Å². The third-order valence-corrected chi connectivity index (χ3v) is 8.19. The van der Waals surface area contributed by atoms with Crippen LogP contribution in [-0.4, -0.2) is 50.0 Å². The minimum absolute atomic E-state index is 0.0305. The quantitative estimate of drug-likeness (QED) is 0.323. The molecule has 0 radical (unpaired) electrons. The number of aliphatic imine (C=N–C) groups is 2. The van der Waals surface area contributed by atoms with Crippen molar-refractivity contribution >= 4 is 56.7 Å². The van der Waals surface area contributed by atoms with Crippen LogP contribution in [0.5, 0.6) is 0 Å². The molecule has 206 valence electrons. The second-order valence-corrected chi connectivity index (χ2v) is 11.7. The molecule has 0 saturated heterocycles. The second-order valence-electron chi connectivity index (χ2n) is 9.27. The van der Waals surface area contributed by atoms with Crippen LogP contribution in [0.2, 0.25) is 10.0 Å². The molecule has 2 aliphatic heterocycles. The fraction of sp³-hybridized carbons (Fsp3) is 0.214. The molecule has 2 heterocycles. The number of nitrogens with zero attached hydrogens (tertiary/aromatic N) is 5. The molecule has 0 aliphatic carbocycles. The first-order valence-corrected chi connectivity index (χ1v) is 14.9. The Morgan fingerprint density at radius 1 is 0.950 bits per heavy atom. The number of amidine groups is 1. The van der Waals surface area contributed by atoms with E-state index < -0.39 is 10.0 Å². The van der Waals surface area contributed by atoms with E-state index in [0.717, 1.165) is 36.1 Å². The van der Waals surface area contributed by atoms with Gasteiger partial charge in [-0.25, -0.2) is 5.01 Å². The molecule has 3 N–H and O–H groups in total. The van der Waals surface area contributed by atoms with Crippen molar-refractivity contribution in [1.29, 1.82) is 0 Å². The molecule has 0 saturated carbocycles. The van der Waals surface area contributed by atoms with Gasteiger partial charge in [-0.3, -0.25) is 4.99 Å². The summed E-state index contributed by atoms with van der Waals surface area (Å²) in [7, 11) is -4.18. The van der Waals surface area contributed by atoms with Crippen molar-refractivity contribution in [2.75, 3.05) is 13.1 Å². The van der Waals surface area contributed by atoms with Gasteiger partial charge in [-0.15, -0.1) is 4.40 Å². The van der Waals surface area contributed by atoms with Gasteiger partial charge in [0.25, 0.3) is 16.0 Å². The van der Waals surface area contributed by atoms with Crippen molar-refractivity contribution < 1.29 is 8.42 Å². The summed E-state index contributed by atoms with van der Waals surface area (Å²) >= 11 is 12.1. The molecule has 0 aromatic heterocycles. The first kappa shape index (κ1) is 27.8. The van der Waals surface area contributed by atoms with Crippen LogP contribution in [0, 0.1) is 0 Å².